The number of halogens is 1. The lowest BCUT2D eigenvalue weighted by Crippen LogP contribution is -2.47. The summed E-state index contributed by atoms with van der Waals surface area (Å²) in [6, 6.07) is 6.82. The normalized spacial score (nSPS) is 11.8. The Morgan fingerprint density at radius 2 is 2.05 bits per heavy atom. The quantitative estimate of drug-likeness (QED) is 0.877. The molecule has 0 aliphatic rings. The van der Waals surface area contributed by atoms with Crippen LogP contribution in [0, 0.1) is 0 Å². The van der Waals surface area contributed by atoms with Gasteiger partial charge < -0.3 is 10.2 Å². The fourth-order valence-corrected chi connectivity index (χ4v) is 2.15. The summed E-state index contributed by atoms with van der Waals surface area (Å²) < 4.78 is 0. The second kappa shape index (κ2) is 7.90. The smallest absolute Gasteiger partial charge is 0.242 e. The predicted molar refractivity (Wildman–Crippen MR) is 80.4 cm³/mol. The van der Waals surface area contributed by atoms with Gasteiger partial charge in [0.25, 0.3) is 0 Å². The molecular formula is C15H21ClN2O2. The molecule has 0 unspecified atom stereocenters. The first-order chi connectivity index (χ1) is 9.49. The minimum absolute atomic E-state index is 0.0521. The van der Waals surface area contributed by atoms with E-state index in [0.29, 0.717) is 24.5 Å². The number of nitrogens with zero attached hydrogens (tertiary/aromatic N) is 1. The molecule has 4 nitrogen and oxygen atoms in total. The number of carbonyl (C=O) groups is 2. The van der Waals surface area contributed by atoms with Gasteiger partial charge >= 0.3 is 0 Å². The van der Waals surface area contributed by atoms with E-state index in [4.69, 9.17) is 11.6 Å². The molecule has 1 aromatic rings. The average molecular weight is 297 g/mol. The molecule has 0 saturated heterocycles. The Bertz CT molecular complexity index is 477. The molecule has 2 amide bonds. The minimum atomic E-state index is -0.499. The van der Waals surface area contributed by atoms with Crippen LogP contribution in [-0.4, -0.2) is 29.3 Å². The van der Waals surface area contributed by atoms with Gasteiger partial charge in [-0.1, -0.05) is 30.7 Å². The SMILES string of the molecule is CCNC(=O)[C@H](C)N(Cc1cccc(Cl)c1)C(=O)CC. The van der Waals surface area contributed by atoms with Gasteiger partial charge in [0.05, 0.1) is 0 Å². The first kappa shape index (κ1) is 16.5. The largest absolute Gasteiger partial charge is 0.355 e. The lowest BCUT2D eigenvalue weighted by molar-refractivity contribution is -0.140. The molecule has 20 heavy (non-hydrogen) atoms. The molecule has 1 atom stereocenters. The number of benzene rings is 1. The zero-order valence-electron chi connectivity index (χ0n) is 12.1. The molecule has 0 heterocycles. The summed E-state index contributed by atoms with van der Waals surface area (Å²) in [4.78, 5) is 25.6. The highest BCUT2D eigenvalue weighted by atomic mass is 35.5. The van der Waals surface area contributed by atoms with Crippen molar-refractivity contribution in [1.82, 2.24) is 10.2 Å². The molecule has 5 heteroatoms. The van der Waals surface area contributed by atoms with E-state index in [2.05, 4.69) is 5.32 Å². The van der Waals surface area contributed by atoms with Gasteiger partial charge in [-0.15, -0.1) is 0 Å². The molecule has 0 aliphatic carbocycles. The summed E-state index contributed by atoms with van der Waals surface area (Å²) in [5.74, 6) is -0.194. The topological polar surface area (TPSA) is 49.4 Å². The van der Waals surface area contributed by atoms with Crippen molar-refractivity contribution in [2.45, 2.75) is 39.8 Å². The van der Waals surface area contributed by atoms with Crippen molar-refractivity contribution in [3.05, 3.63) is 34.9 Å². The van der Waals surface area contributed by atoms with Gasteiger partial charge in [-0.05, 0) is 31.5 Å². The van der Waals surface area contributed by atoms with E-state index in [9.17, 15) is 9.59 Å². The van der Waals surface area contributed by atoms with Gasteiger partial charge in [0.2, 0.25) is 11.8 Å². The number of hydrogen-bond donors (Lipinski definition) is 1. The molecule has 0 aromatic heterocycles. The average Bonchev–Trinajstić information content (AvgIpc) is 2.43. The van der Waals surface area contributed by atoms with E-state index in [1.54, 1.807) is 24.8 Å². The van der Waals surface area contributed by atoms with E-state index in [0.717, 1.165) is 5.56 Å². The summed E-state index contributed by atoms with van der Waals surface area (Å²) in [5.41, 5.74) is 0.912. The van der Waals surface area contributed by atoms with Crippen molar-refractivity contribution in [3.8, 4) is 0 Å². The number of amides is 2. The zero-order chi connectivity index (χ0) is 15.1. The molecule has 0 saturated carbocycles. The van der Waals surface area contributed by atoms with Gasteiger partial charge in [0, 0.05) is 24.5 Å². The number of rotatable bonds is 6. The number of likely N-dealkylation sites (N-methyl/N-ethyl adjacent to an activating group) is 1. The number of hydrogen-bond acceptors (Lipinski definition) is 2. The highest BCUT2D eigenvalue weighted by Crippen LogP contribution is 2.15. The van der Waals surface area contributed by atoms with Crippen molar-refractivity contribution >= 4 is 23.4 Å². The summed E-state index contributed by atoms with van der Waals surface area (Å²) in [6.07, 6.45) is 0.365. The molecule has 1 aromatic carbocycles. The van der Waals surface area contributed by atoms with Crippen LogP contribution in [0.5, 0.6) is 0 Å². The maximum absolute atomic E-state index is 12.1. The highest BCUT2D eigenvalue weighted by molar-refractivity contribution is 6.30. The van der Waals surface area contributed by atoms with E-state index in [1.165, 1.54) is 0 Å². The van der Waals surface area contributed by atoms with E-state index in [-0.39, 0.29) is 11.8 Å². The molecule has 0 aliphatic heterocycles. The van der Waals surface area contributed by atoms with Crippen LogP contribution in [0.3, 0.4) is 0 Å². The molecule has 0 radical (unpaired) electrons. The third kappa shape index (κ3) is 4.53. The fraction of sp³-hybridized carbons (Fsp3) is 0.467. The van der Waals surface area contributed by atoms with Crippen LogP contribution in [-0.2, 0) is 16.1 Å². The van der Waals surface area contributed by atoms with Crippen molar-refractivity contribution in [2.24, 2.45) is 0 Å². The summed E-state index contributed by atoms with van der Waals surface area (Å²) >= 11 is 5.95. The van der Waals surface area contributed by atoms with E-state index >= 15 is 0 Å². The van der Waals surface area contributed by atoms with E-state index in [1.807, 2.05) is 25.1 Å². The van der Waals surface area contributed by atoms with Crippen LogP contribution in [0.25, 0.3) is 0 Å². The third-order valence-corrected chi connectivity index (χ3v) is 3.30. The Hall–Kier alpha value is -1.55. The number of nitrogens with one attached hydrogen (secondary N) is 1. The Labute approximate surface area is 125 Å². The first-order valence-corrected chi connectivity index (χ1v) is 7.19. The Balaban J connectivity index is 2.89. The van der Waals surface area contributed by atoms with Gasteiger partial charge in [-0.3, -0.25) is 9.59 Å². The van der Waals surface area contributed by atoms with Gasteiger partial charge in [-0.2, -0.15) is 0 Å². The molecule has 1 N–H and O–H groups in total. The molecule has 1 rings (SSSR count). The lowest BCUT2D eigenvalue weighted by Gasteiger charge is -2.28. The van der Waals surface area contributed by atoms with Crippen LogP contribution < -0.4 is 5.32 Å². The summed E-state index contributed by atoms with van der Waals surface area (Å²) in [7, 11) is 0. The molecule has 0 fully saturated rings. The molecule has 0 bridgehead atoms. The standard InChI is InChI=1S/C15H21ClN2O2/c1-4-14(19)18(11(3)15(20)17-5-2)10-12-7-6-8-13(16)9-12/h6-9,11H,4-5,10H2,1-3H3,(H,17,20)/t11-/m0/s1. The Morgan fingerprint density at radius 3 is 2.60 bits per heavy atom. The van der Waals surface area contributed by atoms with Gasteiger partial charge in [0.1, 0.15) is 6.04 Å². The van der Waals surface area contributed by atoms with Gasteiger partial charge in [-0.25, -0.2) is 0 Å². The van der Waals surface area contributed by atoms with E-state index < -0.39 is 6.04 Å². The van der Waals surface area contributed by atoms with Crippen molar-refractivity contribution in [3.63, 3.8) is 0 Å². The predicted octanol–water partition coefficient (Wildman–Crippen LogP) is 2.60. The Morgan fingerprint density at radius 1 is 1.35 bits per heavy atom. The van der Waals surface area contributed by atoms with Crippen LogP contribution >= 0.6 is 11.6 Å². The summed E-state index contributed by atoms with van der Waals surface area (Å²) in [6.45, 7) is 6.31. The van der Waals surface area contributed by atoms with Crippen LogP contribution in [0.4, 0.5) is 0 Å². The second-order valence-corrected chi connectivity index (χ2v) is 5.01. The minimum Gasteiger partial charge on any atom is -0.355 e. The van der Waals surface area contributed by atoms with Gasteiger partial charge in [0.15, 0.2) is 0 Å². The van der Waals surface area contributed by atoms with Crippen molar-refractivity contribution in [2.75, 3.05) is 6.54 Å². The van der Waals surface area contributed by atoms with Crippen LogP contribution in [0.1, 0.15) is 32.8 Å². The summed E-state index contributed by atoms with van der Waals surface area (Å²) in [5, 5.41) is 3.37. The Kier molecular flexibility index (Phi) is 6.52. The second-order valence-electron chi connectivity index (χ2n) is 4.58. The first-order valence-electron chi connectivity index (χ1n) is 6.81. The third-order valence-electron chi connectivity index (χ3n) is 3.06. The molecule has 0 spiro atoms. The maximum atomic E-state index is 12.1. The van der Waals surface area contributed by atoms with Crippen molar-refractivity contribution in [1.29, 1.82) is 0 Å². The lowest BCUT2D eigenvalue weighted by atomic mass is 10.1. The van der Waals surface area contributed by atoms with Crippen molar-refractivity contribution < 1.29 is 9.59 Å². The fourth-order valence-electron chi connectivity index (χ4n) is 1.94. The van der Waals surface area contributed by atoms with Crippen LogP contribution in [0.15, 0.2) is 24.3 Å². The zero-order valence-corrected chi connectivity index (χ0v) is 12.9. The number of carbonyl (C=O) groups excluding carboxylic acids is 2. The van der Waals surface area contributed by atoms with Crippen LogP contribution in [0.2, 0.25) is 5.02 Å². The molecule has 110 valence electrons. The highest BCUT2D eigenvalue weighted by Gasteiger charge is 2.24. The molecular weight excluding hydrogens is 276 g/mol. The maximum Gasteiger partial charge on any atom is 0.242 e. The monoisotopic (exact) mass is 296 g/mol.